The number of para-hydroxylation sites is 1. The van der Waals surface area contributed by atoms with Gasteiger partial charge in [0.1, 0.15) is 11.5 Å². The van der Waals surface area contributed by atoms with E-state index in [0.29, 0.717) is 28.0 Å². The number of benzene rings is 4. The molecule has 0 aliphatic heterocycles. The average Bonchev–Trinajstić information content (AvgIpc) is 2.76. The summed E-state index contributed by atoms with van der Waals surface area (Å²) >= 11 is 6.13. The fourth-order valence-corrected chi connectivity index (χ4v) is 3.21. The van der Waals surface area contributed by atoms with Crippen molar-refractivity contribution >= 4 is 34.0 Å². The third-order valence-electron chi connectivity index (χ3n) is 4.57. The van der Waals surface area contributed by atoms with Gasteiger partial charge in [0.2, 0.25) is 0 Å². The highest BCUT2D eigenvalue weighted by Gasteiger charge is 2.18. The molecule has 1 atom stereocenters. The molecule has 4 rings (SSSR count). The number of anilines is 1. The number of rotatable bonds is 6. The van der Waals surface area contributed by atoms with Crippen LogP contribution in [0.4, 0.5) is 5.69 Å². The highest BCUT2D eigenvalue weighted by atomic mass is 35.5. The number of halogens is 1. The third-order valence-corrected chi connectivity index (χ3v) is 4.81. The zero-order valence-electron chi connectivity index (χ0n) is 16.3. The minimum Gasteiger partial charge on any atom is -0.481 e. The summed E-state index contributed by atoms with van der Waals surface area (Å²) in [6.07, 6.45) is -0.713. The molecule has 150 valence electrons. The number of ether oxygens (including phenoxy) is 2. The van der Waals surface area contributed by atoms with Gasteiger partial charge in [-0.2, -0.15) is 0 Å². The van der Waals surface area contributed by atoms with E-state index in [9.17, 15) is 4.79 Å². The topological polar surface area (TPSA) is 47.6 Å². The smallest absolute Gasteiger partial charge is 0.265 e. The fraction of sp³-hybridized carbons (Fsp3) is 0.0800. The molecule has 1 amide bonds. The van der Waals surface area contributed by atoms with Gasteiger partial charge in [-0.15, -0.1) is 0 Å². The molecule has 0 radical (unpaired) electrons. The van der Waals surface area contributed by atoms with Gasteiger partial charge in [0, 0.05) is 5.02 Å². The zero-order chi connectivity index (χ0) is 20.9. The molecule has 0 aliphatic carbocycles. The van der Waals surface area contributed by atoms with E-state index in [1.54, 1.807) is 25.1 Å². The maximum atomic E-state index is 12.8. The zero-order valence-corrected chi connectivity index (χ0v) is 17.1. The summed E-state index contributed by atoms with van der Waals surface area (Å²) in [6.45, 7) is 1.70. The van der Waals surface area contributed by atoms with Crippen molar-refractivity contribution in [2.45, 2.75) is 13.0 Å². The lowest BCUT2D eigenvalue weighted by molar-refractivity contribution is -0.122. The molecule has 0 aliphatic rings. The molecule has 0 aromatic heterocycles. The molecule has 0 saturated carbocycles. The SMILES string of the molecule is CC(Oc1ccc2ccccc2c1)C(=O)Nc1cc(Cl)ccc1Oc1ccccc1. The third kappa shape index (κ3) is 4.73. The van der Waals surface area contributed by atoms with Gasteiger partial charge < -0.3 is 14.8 Å². The van der Waals surface area contributed by atoms with E-state index in [1.807, 2.05) is 72.8 Å². The second kappa shape index (κ2) is 8.89. The van der Waals surface area contributed by atoms with E-state index < -0.39 is 6.10 Å². The summed E-state index contributed by atoms with van der Waals surface area (Å²) in [6, 6.07) is 28.2. The van der Waals surface area contributed by atoms with Gasteiger partial charge in [0.15, 0.2) is 11.9 Å². The predicted octanol–water partition coefficient (Wildman–Crippen LogP) is 6.69. The van der Waals surface area contributed by atoms with Crippen LogP contribution in [0.2, 0.25) is 5.02 Å². The van der Waals surface area contributed by atoms with Crippen molar-refractivity contribution in [3.8, 4) is 17.2 Å². The molecule has 5 heteroatoms. The highest BCUT2D eigenvalue weighted by Crippen LogP contribution is 2.32. The van der Waals surface area contributed by atoms with Gasteiger partial charge in [-0.05, 0) is 60.2 Å². The Hall–Kier alpha value is -3.50. The van der Waals surface area contributed by atoms with Crippen LogP contribution < -0.4 is 14.8 Å². The van der Waals surface area contributed by atoms with Crippen LogP contribution in [-0.4, -0.2) is 12.0 Å². The summed E-state index contributed by atoms with van der Waals surface area (Å²) in [5.41, 5.74) is 0.477. The Morgan fingerprint density at radius 3 is 2.37 bits per heavy atom. The second-order valence-electron chi connectivity index (χ2n) is 6.81. The molecule has 0 bridgehead atoms. The van der Waals surface area contributed by atoms with Gasteiger partial charge in [0.05, 0.1) is 5.69 Å². The van der Waals surface area contributed by atoms with E-state index in [-0.39, 0.29) is 5.91 Å². The average molecular weight is 418 g/mol. The Bertz CT molecular complexity index is 1180. The standard InChI is InChI=1S/C25H20ClNO3/c1-17(29-22-13-11-18-7-5-6-8-19(18)15-22)25(28)27-23-16-20(26)12-14-24(23)30-21-9-3-2-4-10-21/h2-17H,1H3,(H,27,28). The first kappa shape index (κ1) is 19.8. The molecular formula is C25H20ClNO3. The molecular weight excluding hydrogens is 398 g/mol. The van der Waals surface area contributed by atoms with Gasteiger partial charge in [-0.3, -0.25) is 4.79 Å². The number of hydrogen-bond donors (Lipinski definition) is 1. The molecule has 30 heavy (non-hydrogen) atoms. The number of nitrogens with one attached hydrogen (secondary N) is 1. The predicted molar refractivity (Wildman–Crippen MR) is 121 cm³/mol. The Kier molecular flexibility index (Phi) is 5.87. The number of amides is 1. The van der Waals surface area contributed by atoms with Crippen LogP contribution in [-0.2, 0) is 4.79 Å². The Balaban J connectivity index is 1.49. The second-order valence-corrected chi connectivity index (χ2v) is 7.25. The maximum Gasteiger partial charge on any atom is 0.265 e. The number of carbonyl (C=O) groups is 1. The minimum absolute atomic E-state index is 0.302. The Labute approximate surface area is 180 Å². The maximum absolute atomic E-state index is 12.8. The van der Waals surface area contributed by atoms with Crippen LogP contribution in [0, 0.1) is 0 Å². The molecule has 4 nitrogen and oxygen atoms in total. The van der Waals surface area contributed by atoms with Crippen LogP contribution in [0.3, 0.4) is 0 Å². The van der Waals surface area contributed by atoms with Gasteiger partial charge in [0.25, 0.3) is 5.91 Å². The van der Waals surface area contributed by atoms with Crippen molar-refractivity contribution in [2.24, 2.45) is 0 Å². The fourth-order valence-electron chi connectivity index (χ4n) is 3.04. The lowest BCUT2D eigenvalue weighted by Crippen LogP contribution is -2.30. The molecule has 1 N–H and O–H groups in total. The van der Waals surface area contributed by atoms with Crippen LogP contribution in [0.5, 0.6) is 17.2 Å². The molecule has 0 spiro atoms. The van der Waals surface area contributed by atoms with Crippen molar-refractivity contribution in [1.29, 1.82) is 0 Å². The first-order valence-electron chi connectivity index (χ1n) is 9.57. The van der Waals surface area contributed by atoms with Gasteiger partial charge in [-0.25, -0.2) is 0 Å². The minimum atomic E-state index is -0.713. The summed E-state index contributed by atoms with van der Waals surface area (Å²) < 4.78 is 11.8. The normalized spacial score (nSPS) is 11.7. The van der Waals surface area contributed by atoms with E-state index in [4.69, 9.17) is 21.1 Å². The quantitative estimate of drug-likeness (QED) is 0.380. The lowest BCUT2D eigenvalue weighted by Gasteiger charge is -2.17. The van der Waals surface area contributed by atoms with Crippen LogP contribution in [0.1, 0.15) is 6.92 Å². The van der Waals surface area contributed by atoms with Crippen LogP contribution >= 0.6 is 11.6 Å². The molecule has 0 fully saturated rings. The number of carbonyl (C=O) groups excluding carboxylic acids is 1. The highest BCUT2D eigenvalue weighted by molar-refractivity contribution is 6.31. The molecule has 4 aromatic carbocycles. The Morgan fingerprint density at radius 1 is 0.833 bits per heavy atom. The van der Waals surface area contributed by atoms with Crippen molar-refractivity contribution in [3.63, 3.8) is 0 Å². The van der Waals surface area contributed by atoms with Gasteiger partial charge >= 0.3 is 0 Å². The van der Waals surface area contributed by atoms with Crippen molar-refractivity contribution in [2.75, 3.05) is 5.32 Å². The number of hydrogen-bond acceptors (Lipinski definition) is 3. The summed E-state index contributed by atoms with van der Waals surface area (Å²) in [5.74, 6) is 1.49. The van der Waals surface area contributed by atoms with E-state index in [1.165, 1.54) is 0 Å². The summed E-state index contributed by atoms with van der Waals surface area (Å²) in [5, 5.41) is 5.52. The van der Waals surface area contributed by atoms with E-state index in [2.05, 4.69) is 5.32 Å². The first-order valence-corrected chi connectivity index (χ1v) is 9.95. The van der Waals surface area contributed by atoms with E-state index in [0.717, 1.165) is 10.8 Å². The van der Waals surface area contributed by atoms with Crippen molar-refractivity contribution in [3.05, 3.63) is 96.0 Å². The lowest BCUT2D eigenvalue weighted by atomic mass is 10.1. The molecule has 4 aromatic rings. The van der Waals surface area contributed by atoms with Crippen molar-refractivity contribution < 1.29 is 14.3 Å². The van der Waals surface area contributed by atoms with E-state index >= 15 is 0 Å². The molecule has 0 saturated heterocycles. The van der Waals surface area contributed by atoms with Gasteiger partial charge in [-0.1, -0.05) is 60.1 Å². The summed E-state index contributed by atoms with van der Waals surface area (Å²) in [4.78, 5) is 12.8. The first-order chi connectivity index (χ1) is 14.6. The molecule has 1 unspecified atom stereocenters. The Morgan fingerprint density at radius 2 is 1.57 bits per heavy atom. The van der Waals surface area contributed by atoms with Crippen LogP contribution in [0.25, 0.3) is 10.8 Å². The monoisotopic (exact) mass is 417 g/mol. The number of fused-ring (bicyclic) bond motifs is 1. The molecule has 0 heterocycles. The van der Waals surface area contributed by atoms with Crippen molar-refractivity contribution in [1.82, 2.24) is 0 Å². The largest absolute Gasteiger partial charge is 0.481 e. The van der Waals surface area contributed by atoms with Crippen LogP contribution in [0.15, 0.2) is 91.0 Å². The summed E-state index contributed by atoms with van der Waals surface area (Å²) in [7, 11) is 0.